The predicted molar refractivity (Wildman–Crippen MR) is 53.0 cm³/mol. The van der Waals surface area contributed by atoms with E-state index in [1.807, 2.05) is 0 Å². The van der Waals surface area contributed by atoms with Crippen LogP contribution < -0.4 is 0 Å². The normalized spacial score (nSPS) is 12.2. The molecule has 0 aliphatic rings. The van der Waals surface area contributed by atoms with E-state index in [4.69, 9.17) is 11.6 Å². The van der Waals surface area contributed by atoms with E-state index in [2.05, 4.69) is 4.74 Å². The van der Waals surface area contributed by atoms with Crippen molar-refractivity contribution in [2.75, 3.05) is 7.11 Å². The van der Waals surface area contributed by atoms with Crippen LogP contribution in [0.2, 0.25) is 5.02 Å². The van der Waals surface area contributed by atoms with Gasteiger partial charge in [-0.2, -0.15) is 0 Å². The minimum atomic E-state index is -0.860. The monoisotopic (exact) mass is 214 g/mol. The highest BCUT2D eigenvalue weighted by atomic mass is 35.5. The van der Waals surface area contributed by atoms with Gasteiger partial charge in [0.1, 0.15) is 0 Å². The van der Waals surface area contributed by atoms with Crippen LogP contribution in [0.4, 0.5) is 0 Å². The molecule has 0 aromatic heterocycles. The highest BCUT2D eigenvalue weighted by molar-refractivity contribution is 6.30. The summed E-state index contributed by atoms with van der Waals surface area (Å²) in [6.07, 6.45) is -0.919. The Bertz CT molecular complexity index is 325. The van der Waals surface area contributed by atoms with Gasteiger partial charge in [0.2, 0.25) is 0 Å². The summed E-state index contributed by atoms with van der Waals surface area (Å²) in [6.45, 7) is 0. The van der Waals surface area contributed by atoms with Crippen LogP contribution >= 0.6 is 11.6 Å². The molecule has 0 saturated heterocycles. The van der Waals surface area contributed by atoms with Gasteiger partial charge in [0.25, 0.3) is 0 Å². The number of halogens is 1. The van der Waals surface area contributed by atoms with Crippen molar-refractivity contribution >= 4 is 17.6 Å². The van der Waals surface area contributed by atoms with E-state index in [-0.39, 0.29) is 6.42 Å². The molecule has 0 radical (unpaired) electrons. The summed E-state index contributed by atoms with van der Waals surface area (Å²) in [4.78, 5) is 10.9. The van der Waals surface area contributed by atoms with Crippen molar-refractivity contribution in [3.05, 3.63) is 34.9 Å². The number of carbonyl (C=O) groups excluding carboxylic acids is 1. The number of hydrogen-bond donors (Lipinski definition) is 1. The molecule has 0 amide bonds. The molecule has 0 aliphatic heterocycles. The molecule has 1 atom stereocenters. The summed E-state index contributed by atoms with van der Waals surface area (Å²) < 4.78 is 4.44. The fourth-order valence-electron chi connectivity index (χ4n) is 1.07. The van der Waals surface area contributed by atoms with Gasteiger partial charge < -0.3 is 9.84 Å². The zero-order chi connectivity index (χ0) is 10.6. The third kappa shape index (κ3) is 3.01. The average molecular weight is 215 g/mol. The van der Waals surface area contributed by atoms with E-state index in [1.165, 1.54) is 7.11 Å². The number of benzene rings is 1. The summed E-state index contributed by atoms with van der Waals surface area (Å²) in [5, 5.41) is 10.1. The Kier molecular flexibility index (Phi) is 3.92. The minimum absolute atomic E-state index is 0.0587. The van der Waals surface area contributed by atoms with Gasteiger partial charge in [-0.3, -0.25) is 4.79 Å². The topological polar surface area (TPSA) is 46.5 Å². The quantitative estimate of drug-likeness (QED) is 0.783. The smallest absolute Gasteiger partial charge is 0.308 e. The second-order valence-corrected chi connectivity index (χ2v) is 3.29. The highest BCUT2D eigenvalue weighted by Crippen LogP contribution is 2.20. The van der Waals surface area contributed by atoms with Crippen molar-refractivity contribution < 1.29 is 14.6 Å². The second-order valence-electron chi connectivity index (χ2n) is 2.85. The van der Waals surface area contributed by atoms with Crippen LogP contribution in [0.15, 0.2) is 24.3 Å². The van der Waals surface area contributed by atoms with E-state index in [9.17, 15) is 9.90 Å². The summed E-state index contributed by atoms with van der Waals surface area (Å²) >= 11 is 5.73. The first-order chi connectivity index (χ1) is 6.63. The highest BCUT2D eigenvalue weighted by Gasteiger charge is 2.12. The SMILES string of the molecule is COC(=O)C[C@@H](O)c1cccc(Cl)c1. The van der Waals surface area contributed by atoms with Gasteiger partial charge in [-0.15, -0.1) is 0 Å². The molecule has 3 nitrogen and oxygen atoms in total. The number of rotatable bonds is 3. The maximum absolute atomic E-state index is 10.9. The van der Waals surface area contributed by atoms with Crippen LogP contribution in [-0.4, -0.2) is 18.2 Å². The van der Waals surface area contributed by atoms with Crippen molar-refractivity contribution in [1.82, 2.24) is 0 Å². The molecule has 1 aromatic carbocycles. The van der Waals surface area contributed by atoms with Gasteiger partial charge in [-0.05, 0) is 17.7 Å². The van der Waals surface area contributed by atoms with Gasteiger partial charge >= 0.3 is 5.97 Å². The number of methoxy groups -OCH3 is 1. The van der Waals surface area contributed by atoms with Crippen molar-refractivity contribution in [3.8, 4) is 0 Å². The van der Waals surface area contributed by atoms with Crippen molar-refractivity contribution in [2.45, 2.75) is 12.5 Å². The Hall–Kier alpha value is -1.06. The first-order valence-corrected chi connectivity index (χ1v) is 4.51. The van der Waals surface area contributed by atoms with E-state index in [0.29, 0.717) is 10.6 Å². The fourth-order valence-corrected chi connectivity index (χ4v) is 1.27. The molecule has 1 rings (SSSR count). The third-order valence-electron chi connectivity index (χ3n) is 1.82. The lowest BCUT2D eigenvalue weighted by molar-refractivity contribution is -0.142. The average Bonchev–Trinajstić information content (AvgIpc) is 2.17. The standard InChI is InChI=1S/C10H11ClO3/c1-14-10(13)6-9(12)7-3-2-4-8(11)5-7/h2-5,9,12H,6H2,1H3/t9-/m1/s1. The molecule has 4 heteroatoms. The van der Waals surface area contributed by atoms with Gasteiger partial charge in [-0.1, -0.05) is 23.7 Å². The lowest BCUT2D eigenvalue weighted by atomic mass is 10.1. The summed E-state index contributed by atoms with van der Waals surface area (Å²) in [5.41, 5.74) is 0.614. The molecule has 0 spiro atoms. The number of aliphatic hydroxyl groups is 1. The van der Waals surface area contributed by atoms with E-state index in [0.717, 1.165) is 0 Å². The molecule has 0 fully saturated rings. The first kappa shape index (κ1) is 11.0. The molecule has 0 heterocycles. The van der Waals surface area contributed by atoms with Crippen molar-refractivity contribution in [1.29, 1.82) is 0 Å². The van der Waals surface area contributed by atoms with Crippen LogP contribution in [0.3, 0.4) is 0 Å². The maximum atomic E-state index is 10.9. The predicted octanol–water partition coefficient (Wildman–Crippen LogP) is 1.94. The summed E-state index contributed by atoms with van der Waals surface area (Å²) in [5.74, 6) is -0.447. The Morgan fingerprint density at radius 3 is 2.93 bits per heavy atom. The van der Waals surface area contributed by atoms with Crippen LogP contribution in [-0.2, 0) is 9.53 Å². The Balaban J connectivity index is 2.69. The van der Waals surface area contributed by atoms with E-state index < -0.39 is 12.1 Å². The summed E-state index contributed by atoms with van der Waals surface area (Å²) in [6, 6.07) is 6.75. The summed E-state index contributed by atoms with van der Waals surface area (Å²) in [7, 11) is 1.28. The molecule has 1 aromatic rings. The molecule has 0 saturated carbocycles. The van der Waals surface area contributed by atoms with Gasteiger partial charge in [0.05, 0.1) is 19.6 Å². The Labute approximate surface area is 87.3 Å². The number of esters is 1. The second kappa shape index (κ2) is 4.98. The third-order valence-corrected chi connectivity index (χ3v) is 2.06. The molecule has 1 N–H and O–H groups in total. The number of ether oxygens (including phenoxy) is 1. The maximum Gasteiger partial charge on any atom is 0.308 e. The Morgan fingerprint density at radius 2 is 2.36 bits per heavy atom. The lowest BCUT2D eigenvalue weighted by Gasteiger charge is -2.09. The molecule has 14 heavy (non-hydrogen) atoms. The van der Waals surface area contributed by atoms with E-state index in [1.54, 1.807) is 24.3 Å². The van der Waals surface area contributed by atoms with Gasteiger partial charge in [0.15, 0.2) is 0 Å². The number of aliphatic hydroxyl groups excluding tert-OH is 1. The Morgan fingerprint density at radius 1 is 1.64 bits per heavy atom. The fraction of sp³-hybridized carbons (Fsp3) is 0.300. The molecule has 0 unspecified atom stereocenters. The zero-order valence-corrected chi connectivity index (χ0v) is 8.49. The minimum Gasteiger partial charge on any atom is -0.469 e. The van der Waals surface area contributed by atoms with Crippen molar-refractivity contribution in [3.63, 3.8) is 0 Å². The molecule has 0 aliphatic carbocycles. The van der Waals surface area contributed by atoms with Crippen molar-refractivity contribution in [2.24, 2.45) is 0 Å². The van der Waals surface area contributed by atoms with Crippen LogP contribution in [0, 0.1) is 0 Å². The zero-order valence-electron chi connectivity index (χ0n) is 7.74. The molecule has 0 bridgehead atoms. The lowest BCUT2D eigenvalue weighted by Crippen LogP contribution is -2.07. The molecular formula is C10H11ClO3. The van der Waals surface area contributed by atoms with Crippen LogP contribution in [0.5, 0.6) is 0 Å². The molecular weight excluding hydrogens is 204 g/mol. The number of carbonyl (C=O) groups is 1. The number of hydrogen-bond acceptors (Lipinski definition) is 3. The largest absolute Gasteiger partial charge is 0.469 e. The van der Waals surface area contributed by atoms with Crippen LogP contribution in [0.25, 0.3) is 0 Å². The molecule has 76 valence electrons. The van der Waals surface area contributed by atoms with Gasteiger partial charge in [-0.25, -0.2) is 0 Å². The van der Waals surface area contributed by atoms with Gasteiger partial charge in [0, 0.05) is 5.02 Å². The van der Waals surface area contributed by atoms with E-state index >= 15 is 0 Å². The first-order valence-electron chi connectivity index (χ1n) is 4.14. The van der Waals surface area contributed by atoms with Crippen LogP contribution in [0.1, 0.15) is 18.1 Å².